The van der Waals surface area contributed by atoms with Crippen LogP contribution in [0.4, 0.5) is 0 Å². The van der Waals surface area contributed by atoms with Gasteiger partial charge in [0, 0.05) is 5.92 Å². The average Bonchev–Trinajstić information content (AvgIpc) is 2.50. The second kappa shape index (κ2) is 3.84. The predicted octanol–water partition coefficient (Wildman–Crippen LogP) is 2.03. The minimum absolute atomic E-state index is 0.0329. The zero-order valence-corrected chi connectivity index (χ0v) is 9.08. The number of Topliss-reactive ketones (excluding diaryl/α,β-unsaturated/α-hetero) is 1. The summed E-state index contributed by atoms with van der Waals surface area (Å²) in [6, 6.07) is 0. The molecule has 0 saturated heterocycles. The van der Waals surface area contributed by atoms with Crippen LogP contribution >= 0.6 is 7.70 Å². The number of rotatable bonds is 3. The van der Waals surface area contributed by atoms with Crippen LogP contribution in [0, 0.1) is 5.92 Å². The first kappa shape index (κ1) is 10.1. The van der Waals surface area contributed by atoms with E-state index in [1.165, 1.54) is 0 Å². The van der Waals surface area contributed by atoms with Crippen molar-refractivity contribution < 1.29 is 4.79 Å². The van der Waals surface area contributed by atoms with E-state index in [1.807, 2.05) is 20.5 Å². The first-order valence-corrected chi connectivity index (χ1v) is 6.08. The van der Waals surface area contributed by atoms with E-state index in [0.29, 0.717) is 5.56 Å². The Kier molecular flexibility index (Phi) is 2.99. The minimum atomic E-state index is -0.515. The summed E-state index contributed by atoms with van der Waals surface area (Å²) in [5.74, 6) is 0.175. The Balaban J connectivity index is 2.92. The molecular weight excluding hydrogens is 183 g/mol. The summed E-state index contributed by atoms with van der Waals surface area (Å²) in [5.41, 5.74) is 0.688. The first-order valence-electron chi connectivity index (χ1n) is 4.15. The normalized spacial score (nSPS) is 11.8. The van der Waals surface area contributed by atoms with E-state index in [4.69, 9.17) is 0 Å². The van der Waals surface area contributed by atoms with Gasteiger partial charge in [-0.15, -0.1) is 5.10 Å². The summed E-state index contributed by atoms with van der Waals surface area (Å²) < 4.78 is 1.75. The standard InChI is InChI=1S/C9H14N2OP/c1-7(2)9(12)8-5-10-11(6-8)13(3)4/h5-7H,3H2,1-2,4H3/q+1. The molecule has 1 unspecified atom stereocenters. The topological polar surface area (TPSA) is 34.9 Å². The third kappa shape index (κ3) is 2.25. The van der Waals surface area contributed by atoms with E-state index in [0.717, 1.165) is 0 Å². The molecule has 70 valence electrons. The van der Waals surface area contributed by atoms with Crippen LogP contribution in [0.5, 0.6) is 0 Å². The van der Waals surface area contributed by atoms with Gasteiger partial charge in [-0.3, -0.25) is 4.79 Å². The number of nitrogens with zero attached hydrogens (tertiary/aromatic N) is 2. The fourth-order valence-corrected chi connectivity index (χ4v) is 1.51. The Morgan fingerprint density at radius 3 is 2.69 bits per heavy atom. The van der Waals surface area contributed by atoms with E-state index in [-0.39, 0.29) is 11.7 Å². The minimum Gasteiger partial charge on any atom is -0.294 e. The highest BCUT2D eigenvalue weighted by Crippen LogP contribution is 2.17. The summed E-state index contributed by atoms with van der Waals surface area (Å²) in [7, 11) is -0.515. The molecule has 0 radical (unpaired) electrons. The highest BCUT2D eigenvalue weighted by Gasteiger charge is 2.14. The quantitative estimate of drug-likeness (QED) is 0.549. The summed E-state index contributed by atoms with van der Waals surface area (Å²) in [4.78, 5) is 11.5. The van der Waals surface area contributed by atoms with Crippen LogP contribution < -0.4 is 0 Å². The maximum atomic E-state index is 11.5. The highest BCUT2D eigenvalue weighted by molar-refractivity contribution is 7.53. The molecule has 13 heavy (non-hydrogen) atoms. The van der Waals surface area contributed by atoms with Gasteiger partial charge in [0.25, 0.3) is 0 Å². The monoisotopic (exact) mass is 197 g/mol. The van der Waals surface area contributed by atoms with Gasteiger partial charge in [0.1, 0.15) is 6.66 Å². The van der Waals surface area contributed by atoms with Crippen LogP contribution in [0.15, 0.2) is 12.4 Å². The smallest absolute Gasteiger partial charge is 0.223 e. The van der Waals surface area contributed by atoms with E-state index < -0.39 is 7.70 Å². The molecule has 0 aliphatic carbocycles. The van der Waals surface area contributed by atoms with E-state index in [2.05, 4.69) is 11.4 Å². The SMILES string of the molecule is C=[P+](C)n1cc(C(=O)C(C)C)cn1. The number of hydrogen-bond acceptors (Lipinski definition) is 2. The Labute approximate surface area is 79.2 Å². The van der Waals surface area contributed by atoms with Gasteiger partial charge in [0.05, 0.1) is 24.3 Å². The molecule has 1 aromatic rings. The van der Waals surface area contributed by atoms with Gasteiger partial charge in [-0.25, -0.2) is 0 Å². The molecule has 4 heteroatoms. The lowest BCUT2D eigenvalue weighted by Crippen LogP contribution is -2.05. The van der Waals surface area contributed by atoms with Gasteiger partial charge in [-0.05, 0) is 0 Å². The predicted molar refractivity (Wildman–Crippen MR) is 56.8 cm³/mol. The first-order chi connectivity index (χ1) is 6.02. The molecule has 0 N–H and O–H groups in total. The van der Waals surface area contributed by atoms with Gasteiger partial charge < -0.3 is 0 Å². The van der Waals surface area contributed by atoms with Crippen molar-refractivity contribution in [1.82, 2.24) is 9.55 Å². The van der Waals surface area contributed by atoms with Crippen LogP contribution in [0.25, 0.3) is 0 Å². The molecule has 0 bridgehead atoms. The Hall–Kier alpha value is -0.950. The van der Waals surface area contributed by atoms with E-state index in [1.54, 1.807) is 16.8 Å². The fourth-order valence-electron chi connectivity index (χ4n) is 0.960. The van der Waals surface area contributed by atoms with Gasteiger partial charge >= 0.3 is 0 Å². The third-order valence-electron chi connectivity index (χ3n) is 1.73. The molecule has 0 spiro atoms. The van der Waals surface area contributed by atoms with Gasteiger partial charge in [0.15, 0.2) is 5.78 Å². The Morgan fingerprint density at radius 2 is 2.31 bits per heavy atom. The summed E-state index contributed by atoms with van der Waals surface area (Å²) in [5, 5.41) is 4.08. The zero-order chi connectivity index (χ0) is 10.0. The molecule has 0 aliphatic rings. The highest BCUT2D eigenvalue weighted by atomic mass is 31.1. The summed E-state index contributed by atoms with van der Waals surface area (Å²) in [6.07, 6.45) is 7.28. The van der Waals surface area contributed by atoms with Crippen molar-refractivity contribution in [3.63, 3.8) is 0 Å². The Bertz CT molecular complexity index is 341. The molecule has 1 rings (SSSR count). The second-order valence-corrected chi connectivity index (χ2v) is 5.05. The molecule has 0 saturated carbocycles. The molecule has 1 heterocycles. The van der Waals surface area contributed by atoms with E-state index in [9.17, 15) is 4.79 Å². The number of hydrogen-bond donors (Lipinski definition) is 0. The largest absolute Gasteiger partial charge is 0.294 e. The zero-order valence-electron chi connectivity index (χ0n) is 8.19. The molecule has 3 nitrogen and oxygen atoms in total. The molecule has 0 fully saturated rings. The molecule has 1 aromatic heterocycles. The number of carbonyl (C=O) groups excluding carboxylic acids is 1. The maximum Gasteiger partial charge on any atom is 0.223 e. The molecular formula is C9H14N2OP+. The fraction of sp³-hybridized carbons (Fsp3) is 0.444. The van der Waals surface area contributed by atoms with E-state index >= 15 is 0 Å². The lowest BCUT2D eigenvalue weighted by molar-refractivity contribution is 0.0939. The summed E-state index contributed by atoms with van der Waals surface area (Å²) >= 11 is 0. The number of aromatic nitrogens is 2. The third-order valence-corrected chi connectivity index (χ3v) is 2.65. The van der Waals surface area contributed by atoms with Crippen LogP contribution in [0.2, 0.25) is 0 Å². The molecule has 0 aliphatic heterocycles. The number of ketones is 1. The van der Waals surface area contributed by atoms with Crippen LogP contribution in [-0.2, 0) is 0 Å². The van der Waals surface area contributed by atoms with Crippen LogP contribution in [0.3, 0.4) is 0 Å². The second-order valence-electron chi connectivity index (χ2n) is 3.33. The number of carbonyl (C=O) groups is 1. The lowest BCUT2D eigenvalue weighted by atomic mass is 10.1. The Morgan fingerprint density at radius 1 is 1.69 bits per heavy atom. The maximum absolute atomic E-state index is 11.5. The molecule has 1 atom stereocenters. The van der Waals surface area contributed by atoms with Crippen LogP contribution in [0.1, 0.15) is 24.2 Å². The van der Waals surface area contributed by atoms with Crippen molar-refractivity contribution in [3.05, 3.63) is 18.0 Å². The van der Waals surface area contributed by atoms with Gasteiger partial charge in [-0.1, -0.05) is 18.3 Å². The average molecular weight is 197 g/mol. The van der Waals surface area contributed by atoms with Crippen molar-refractivity contribution in [2.75, 3.05) is 6.66 Å². The summed E-state index contributed by atoms with van der Waals surface area (Å²) in [6.45, 7) is 5.77. The van der Waals surface area contributed by atoms with Crippen molar-refractivity contribution in [3.8, 4) is 0 Å². The van der Waals surface area contributed by atoms with Crippen molar-refractivity contribution >= 4 is 19.8 Å². The molecule has 0 amide bonds. The molecule has 0 aromatic carbocycles. The lowest BCUT2D eigenvalue weighted by Gasteiger charge is -1.97. The van der Waals surface area contributed by atoms with Gasteiger partial charge in [0.2, 0.25) is 7.70 Å². The van der Waals surface area contributed by atoms with Crippen molar-refractivity contribution in [2.45, 2.75) is 13.8 Å². The van der Waals surface area contributed by atoms with Crippen LogP contribution in [-0.4, -0.2) is 28.3 Å². The van der Waals surface area contributed by atoms with Gasteiger partial charge in [-0.2, -0.15) is 0 Å². The van der Waals surface area contributed by atoms with Crippen molar-refractivity contribution in [2.24, 2.45) is 5.92 Å². The van der Waals surface area contributed by atoms with Crippen molar-refractivity contribution in [1.29, 1.82) is 0 Å².